The third-order valence-corrected chi connectivity index (χ3v) is 1.04. The standard InChI is InChI=1S/C7H9N.HI/c1-6-3-2-4-7(8)5-6;/h2-5H,8H2,1H3;1H. The lowest BCUT2D eigenvalue weighted by atomic mass is 10.2. The molecule has 0 aromatic heterocycles. The van der Waals surface area contributed by atoms with Crippen LogP contribution in [0.3, 0.4) is 0 Å². The quantitative estimate of drug-likeness (QED) is 0.541. The SMILES string of the molecule is Cc1cccc(N)c1.I. The van der Waals surface area contributed by atoms with Crippen molar-refractivity contribution in [2.45, 2.75) is 6.92 Å². The van der Waals surface area contributed by atoms with Gasteiger partial charge in [-0.15, -0.1) is 24.0 Å². The van der Waals surface area contributed by atoms with Crippen molar-refractivity contribution in [2.75, 3.05) is 5.73 Å². The van der Waals surface area contributed by atoms with Crippen molar-refractivity contribution in [2.24, 2.45) is 0 Å². The Hall–Kier alpha value is -0.250. The molecule has 1 nitrogen and oxygen atoms in total. The van der Waals surface area contributed by atoms with Gasteiger partial charge in [-0.25, -0.2) is 0 Å². The minimum atomic E-state index is 0. The number of aryl methyl sites for hydroxylation is 1. The number of halogens is 1. The van der Waals surface area contributed by atoms with Crippen LogP contribution in [0.2, 0.25) is 0 Å². The van der Waals surface area contributed by atoms with Crippen LogP contribution in [0, 0.1) is 6.92 Å². The molecule has 0 aliphatic rings. The third kappa shape index (κ3) is 2.70. The van der Waals surface area contributed by atoms with Gasteiger partial charge in [-0.1, -0.05) is 12.1 Å². The van der Waals surface area contributed by atoms with Crippen LogP contribution < -0.4 is 5.73 Å². The molecule has 1 rings (SSSR count). The number of benzene rings is 1. The van der Waals surface area contributed by atoms with E-state index in [1.54, 1.807) is 0 Å². The minimum absolute atomic E-state index is 0. The molecule has 2 heteroatoms. The molecule has 0 saturated heterocycles. The Bertz CT molecular complexity index is 169. The number of anilines is 1. The zero-order valence-corrected chi connectivity index (χ0v) is 7.63. The summed E-state index contributed by atoms with van der Waals surface area (Å²) < 4.78 is 0. The van der Waals surface area contributed by atoms with Crippen LogP contribution in [0.1, 0.15) is 5.56 Å². The van der Waals surface area contributed by atoms with E-state index in [4.69, 9.17) is 5.73 Å². The molecule has 0 bridgehead atoms. The van der Waals surface area contributed by atoms with E-state index in [9.17, 15) is 0 Å². The summed E-state index contributed by atoms with van der Waals surface area (Å²) in [7, 11) is 0. The molecule has 2 N–H and O–H groups in total. The molecule has 1 aromatic carbocycles. The van der Waals surface area contributed by atoms with Gasteiger partial charge in [0.2, 0.25) is 0 Å². The summed E-state index contributed by atoms with van der Waals surface area (Å²) in [5, 5.41) is 0. The van der Waals surface area contributed by atoms with Gasteiger partial charge in [0.25, 0.3) is 0 Å². The van der Waals surface area contributed by atoms with Crippen molar-refractivity contribution in [1.29, 1.82) is 0 Å². The predicted molar refractivity (Wildman–Crippen MR) is 51.0 cm³/mol. The van der Waals surface area contributed by atoms with Crippen LogP contribution in [-0.4, -0.2) is 0 Å². The molecule has 1 aromatic rings. The highest BCUT2D eigenvalue weighted by Gasteiger charge is 1.81. The second-order valence-electron chi connectivity index (χ2n) is 1.91. The molecule has 0 spiro atoms. The van der Waals surface area contributed by atoms with Gasteiger partial charge in [0, 0.05) is 5.69 Å². The summed E-state index contributed by atoms with van der Waals surface area (Å²) >= 11 is 0. The van der Waals surface area contributed by atoms with E-state index in [1.807, 2.05) is 31.2 Å². The highest BCUT2D eigenvalue weighted by molar-refractivity contribution is 14.0. The van der Waals surface area contributed by atoms with Crippen molar-refractivity contribution in [1.82, 2.24) is 0 Å². The van der Waals surface area contributed by atoms with Crippen LogP contribution >= 0.6 is 24.0 Å². The Morgan fingerprint density at radius 1 is 1.33 bits per heavy atom. The summed E-state index contributed by atoms with van der Waals surface area (Å²) in [6.45, 7) is 2.02. The van der Waals surface area contributed by atoms with E-state index in [1.165, 1.54) is 5.56 Å². The van der Waals surface area contributed by atoms with E-state index in [0.29, 0.717) is 0 Å². The number of nitrogens with two attached hydrogens (primary N) is 1. The Morgan fingerprint density at radius 2 is 2.00 bits per heavy atom. The van der Waals surface area contributed by atoms with Gasteiger partial charge in [-0.3, -0.25) is 0 Å². The maximum Gasteiger partial charge on any atom is 0.0316 e. The fourth-order valence-corrected chi connectivity index (χ4v) is 0.670. The second kappa shape index (κ2) is 3.71. The molecular weight excluding hydrogens is 225 g/mol. The fourth-order valence-electron chi connectivity index (χ4n) is 0.670. The zero-order valence-electron chi connectivity index (χ0n) is 5.29. The molecule has 0 fully saturated rings. The summed E-state index contributed by atoms with van der Waals surface area (Å²) in [5.74, 6) is 0. The van der Waals surface area contributed by atoms with Gasteiger partial charge in [-0.2, -0.15) is 0 Å². The van der Waals surface area contributed by atoms with E-state index >= 15 is 0 Å². The Morgan fingerprint density at radius 3 is 2.33 bits per heavy atom. The number of nitrogen functional groups attached to an aromatic ring is 1. The molecule has 0 unspecified atom stereocenters. The minimum Gasteiger partial charge on any atom is -0.399 e. The molecule has 0 atom stereocenters. The van der Waals surface area contributed by atoms with Crippen LogP contribution in [-0.2, 0) is 0 Å². The van der Waals surface area contributed by atoms with Gasteiger partial charge in [0.05, 0.1) is 0 Å². The van der Waals surface area contributed by atoms with E-state index in [2.05, 4.69) is 0 Å². The first-order chi connectivity index (χ1) is 3.79. The topological polar surface area (TPSA) is 26.0 Å². The largest absolute Gasteiger partial charge is 0.399 e. The second-order valence-corrected chi connectivity index (χ2v) is 1.91. The first kappa shape index (κ1) is 8.75. The van der Waals surface area contributed by atoms with Gasteiger partial charge >= 0.3 is 0 Å². The number of hydrogen-bond acceptors (Lipinski definition) is 1. The number of hydrogen-bond donors (Lipinski definition) is 1. The molecule has 0 heterocycles. The molecule has 0 radical (unpaired) electrons. The van der Waals surface area contributed by atoms with Crippen molar-refractivity contribution >= 4 is 29.7 Å². The molecule has 0 aliphatic heterocycles. The maximum atomic E-state index is 5.46. The Labute approximate surface area is 72.3 Å². The summed E-state index contributed by atoms with van der Waals surface area (Å²) in [5.41, 5.74) is 7.51. The lowest BCUT2D eigenvalue weighted by Gasteiger charge is -1.91. The highest BCUT2D eigenvalue weighted by Crippen LogP contribution is 2.03. The average molecular weight is 235 g/mol. The van der Waals surface area contributed by atoms with Crippen molar-refractivity contribution in [3.05, 3.63) is 29.8 Å². The lowest BCUT2D eigenvalue weighted by Crippen LogP contribution is -1.82. The maximum absolute atomic E-state index is 5.46. The normalized spacial score (nSPS) is 8.11. The molecule has 0 amide bonds. The number of rotatable bonds is 0. The van der Waals surface area contributed by atoms with E-state index in [0.717, 1.165) is 5.69 Å². The van der Waals surface area contributed by atoms with Crippen molar-refractivity contribution in [3.8, 4) is 0 Å². The predicted octanol–water partition coefficient (Wildman–Crippen LogP) is 2.20. The van der Waals surface area contributed by atoms with Crippen molar-refractivity contribution < 1.29 is 0 Å². The first-order valence-corrected chi connectivity index (χ1v) is 2.61. The first-order valence-electron chi connectivity index (χ1n) is 2.61. The Balaban J connectivity index is 0.000000640. The van der Waals surface area contributed by atoms with E-state index < -0.39 is 0 Å². The van der Waals surface area contributed by atoms with Crippen LogP contribution in [0.25, 0.3) is 0 Å². The fraction of sp³-hybridized carbons (Fsp3) is 0.143. The summed E-state index contributed by atoms with van der Waals surface area (Å²) in [6.07, 6.45) is 0. The van der Waals surface area contributed by atoms with Gasteiger partial charge < -0.3 is 5.73 Å². The molecule has 50 valence electrons. The monoisotopic (exact) mass is 235 g/mol. The van der Waals surface area contributed by atoms with Crippen molar-refractivity contribution in [3.63, 3.8) is 0 Å². The van der Waals surface area contributed by atoms with Gasteiger partial charge in [0.15, 0.2) is 0 Å². The smallest absolute Gasteiger partial charge is 0.0316 e. The van der Waals surface area contributed by atoms with Crippen LogP contribution in [0.5, 0.6) is 0 Å². The molecule has 0 aliphatic carbocycles. The van der Waals surface area contributed by atoms with Gasteiger partial charge in [-0.05, 0) is 24.6 Å². The summed E-state index contributed by atoms with van der Waals surface area (Å²) in [4.78, 5) is 0. The van der Waals surface area contributed by atoms with E-state index in [-0.39, 0.29) is 24.0 Å². The van der Waals surface area contributed by atoms with Crippen LogP contribution in [0.4, 0.5) is 5.69 Å². The average Bonchev–Trinajstić information content (AvgIpc) is 1.64. The Kier molecular flexibility index (Phi) is 3.61. The lowest BCUT2D eigenvalue weighted by molar-refractivity contribution is 1.47. The van der Waals surface area contributed by atoms with Gasteiger partial charge in [0.1, 0.15) is 0 Å². The highest BCUT2D eigenvalue weighted by atomic mass is 127. The molecular formula is C7H10IN. The zero-order chi connectivity index (χ0) is 5.98. The summed E-state index contributed by atoms with van der Waals surface area (Å²) in [6, 6.07) is 7.80. The molecule has 0 saturated carbocycles. The van der Waals surface area contributed by atoms with Crippen LogP contribution in [0.15, 0.2) is 24.3 Å². The third-order valence-electron chi connectivity index (χ3n) is 1.04. The molecule has 9 heavy (non-hydrogen) atoms.